The number of hydrogen-bond acceptors (Lipinski definition) is 20. The number of amides is 2. The van der Waals surface area contributed by atoms with Crippen molar-refractivity contribution in [3.8, 4) is 0 Å². The van der Waals surface area contributed by atoms with Crippen molar-refractivity contribution in [3.63, 3.8) is 0 Å². The lowest BCUT2D eigenvalue weighted by Crippen LogP contribution is -2.70. The zero-order valence-electron chi connectivity index (χ0n) is 63.5. The fourth-order valence-electron chi connectivity index (χ4n) is 14.5. The van der Waals surface area contributed by atoms with Crippen molar-refractivity contribution in [2.75, 3.05) is 26.4 Å². The second-order valence-corrected chi connectivity index (χ2v) is 30.0. The Balaban J connectivity index is 1.48. The zero-order valence-corrected chi connectivity index (χ0v) is 63.5. The molecule has 0 radical (unpaired) electrons. The summed E-state index contributed by atoms with van der Waals surface area (Å²) in [5.74, 6) is -6.09. The SMILES string of the molecule is CCCCCCCCCCCCCC/C=C\CCCCCCCCCCCCCCCCC(=O)NC(COC1OC(CO)C(OC2OC(CO)C(O)C(OC3(C(=O)O)CC(O)C(NC(C)=O)C(C(O)C(O)CO)O3)C2O)C(O)C1O)C(O)CCCCCCCCCCCCCCCCCCCC. The number of nitrogens with one attached hydrogen (secondary N) is 2. The van der Waals surface area contributed by atoms with Crippen LogP contribution >= 0.6 is 0 Å². The van der Waals surface area contributed by atoms with Gasteiger partial charge in [0, 0.05) is 19.8 Å². The van der Waals surface area contributed by atoms with Gasteiger partial charge in [0.2, 0.25) is 11.8 Å². The molecule has 23 nitrogen and oxygen atoms in total. The van der Waals surface area contributed by atoms with Crippen LogP contribution < -0.4 is 10.6 Å². The van der Waals surface area contributed by atoms with E-state index >= 15 is 0 Å². The molecule has 0 aromatic heterocycles. The Morgan fingerprint density at radius 3 is 1.32 bits per heavy atom. The molecule has 0 aromatic rings. The van der Waals surface area contributed by atoms with Crippen LogP contribution in [0.5, 0.6) is 0 Å². The van der Waals surface area contributed by atoms with Gasteiger partial charge in [-0.2, -0.15) is 0 Å². The van der Waals surface area contributed by atoms with Gasteiger partial charge in [-0.15, -0.1) is 0 Å². The molecule has 3 heterocycles. The summed E-state index contributed by atoms with van der Waals surface area (Å²) in [6, 6.07) is -2.53. The zero-order chi connectivity index (χ0) is 74.6. The van der Waals surface area contributed by atoms with Crippen LogP contribution in [-0.4, -0.2) is 215 Å². The molecule has 0 bridgehead atoms. The van der Waals surface area contributed by atoms with E-state index in [2.05, 4.69) is 36.6 Å². The minimum absolute atomic E-state index is 0.227. The van der Waals surface area contributed by atoms with Crippen LogP contribution in [0.15, 0.2) is 12.2 Å². The largest absolute Gasteiger partial charge is 0.477 e. The molecular formula is C79H148N2O21. The fourth-order valence-corrected chi connectivity index (χ4v) is 14.5. The van der Waals surface area contributed by atoms with Crippen LogP contribution in [0.4, 0.5) is 0 Å². The number of carbonyl (C=O) groups is 3. The third kappa shape index (κ3) is 38.5. The fraction of sp³-hybridized carbons (Fsp3) is 0.937. The normalized spacial score (nSPS) is 26.7. The second kappa shape index (κ2) is 58.5. The molecule has 0 aliphatic carbocycles. The predicted octanol–water partition coefficient (Wildman–Crippen LogP) is 11.0. The third-order valence-electron chi connectivity index (χ3n) is 21.0. The van der Waals surface area contributed by atoms with Gasteiger partial charge in [-0.1, -0.05) is 289 Å². The Labute approximate surface area is 613 Å². The van der Waals surface area contributed by atoms with Crippen LogP contribution in [0.3, 0.4) is 0 Å². The maximum atomic E-state index is 13.6. The highest BCUT2D eigenvalue weighted by molar-refractivity contribution is 5.77. The summed E-state index contributed by atoms with van der Waals surface area (Å²) in [6.45, 7) is 2.26. The number of allylic oxidation sites excluding steroid dienone is 2. The Morgan fingerprint density at radius 2 is 0.912 bits per heavy atom. The summed E-state index contributed by atoms with van der Waals surface area (Å²) >= 11 is 0. The molecule has 18 atom stereocenters. The topological polar surface area (TPSA) is 373 Å². The second-order valence-electron chi connectivity index (χ2n) is 30.0. The molecule has 2 amide bonds. The van der Waals surface area contributed by atoms with E-state index in [0.29, 0.717) is 19.3 Å². The van der Waals surface area contributed by atoms with E-state index in [1.807, 2.05) is 0 Å². The van der Waals surface area contributed by atoms with Crippen molar-refractivity contribution in [3.05, 3.63) is 12.2 Å². The van der Waals surface area contributed by atoms with Gasteiger partial charge in [0.05, 0.1) is 50.7 Å². The first-order chi connectivity index (χ1) is 49.4. The van der Waals surface area contributed by atoms with Gasteiger partial charge in [-0.25, -0.2) is 4.79 Å². The van der Waals surface area contributed by atoms with E-state index in [9.17, 15) is 75.7 Å². The summed E-state index contributed by atoms with van der Waals surface area (Å²) in [7, 11) is 0. The van der Waals surface area contributed by atoms with Gasteiger partial charge in [-0.05, 0) is 38.5 Å². The van der Waals surface area contributed by atoms with Crippen LogP contribution in [-0.2, 0) is 42.8 Å². The number of carbonyl (C=O) groups excluding carboxylic acids is 2. The summed E-state index contributed by atoms with van der Waals surface area (Å²) in [6.07, 6.45) is 33.5. The average Bonchev–Trinajstić information content (AvgIpc) is 0.755. The Kier molecular flexibility index (Phi) is 53.7. The standard InChI is InChI=1S/C79H148N2O21/c1-4-6-8-10-12-14-16-18-20-22-24-25-26-27-28-29-30-31-32-33-34-35-37-39-41-43-45-47-49-51-53-66(89)81-60(61(86)52-50-48-46-44-42-40-38-36-23-21-19-17-15-13-11-9-7-5-2)58-97-76-71(93)70(92)73(65(57-84)99-76)100-77-72(94)75(69(91)64(56-83)98-77)102-79(78(95)96)54-62(87)67(80-59(3)85)74(101-79)68(90)63(88)55-82/h27-28,60-65,67-77,82-84,86-88,90-94H,4-26,29-58H2,1-3H3,(H,80,85)(H,81,89)(H,95,96)/b28-27-. The number of carboxylic acids is 1. The minimum Gasteiger partial charge on any atom is -0.477 e. The summed E-state index contributed by atoms with van der Waals surface area (Å²) in [5, 5.41) is 137. The van der Waals surface area contributed by atoms with Crippen molar-refractivity contribution in [1.82, 2.24) is 10.6 Å². The molecule has 3 saturated heterocycles. The van der Waals surface area contributed by atoms with Gasteiger partial charge < -0.3 is 100 Å². The van der Waals surface area contributed by atoms with E-state index < -0.39 is 148 Å². The molecule has 23 heteroatoms. The molecule has 3 aliphatic heterocycles. The molecule has 0 saturated carbocycles. The van der Waals surface area contributed by atoms with E-state index in [0.717, 1.165) is 58.3 Å². The Bertz CT molecular complexity index is 2080. The van der Waals surface area contributed by atoms with Crippen LogP contribution in [0, 0.1) is 0 Å². The first kappa shape index (κ1) is 93.7. The first-order valence-corrected chi connectivity index (χ1v) is 41.0. The number of hydrogen-bond donors (Lipinski definition) is 14. The van der Waals surface area contributed by atoms with Gasteiger partial charge >= 0.3 is 5.97 Å². The lowest BCUT2D eigenvalue weighted by molar-refractivity contribution is -0.386. The van der Waals surface area contributed by atoms with Gasteiger partial charge in [0.25, 0.3) is 5.79 Å². The van der Waals surface area contributed by atoms with Crippen molar-refractivity contribution in [2.45, 2.75) is 445 Å². The molecular weight excluding hydrogens is 1310 g/mol. The van der Waals surface area contributed by atoms with Gasteiger partial charge in [-0.3, -0.25) is 9.59 Å². The van der Waals surface area contributed by atoms with Gasteiger partial charge in [0.15, 0.2) is 12.6 Å². The summed E-state index contributed by atoms with van der Waals surface area (Å²) < 4.78 is 35.0. The number of rotatable bonds is 65. The number of aliphatic hydroxyl groups excluding tert-OH is 11. The number of ether oxygens (including phenoxy) is 6. The summed E-state index contributed by atoms with van der Waals surface area (Å²) in [5.41, 5.74) is 0. The average molecular weight is 1460 g/mol. The van der Waals surface area contributed by atoms with Crippen molar-refractivity contribution >= 4 is 17.8 Å². The molecule has 14 N–H and O–H groups in total. The minimum atomic E-state index is -3.08. The highest BCUT2D eigenvalue weighted by atomic mass is 16.8. The molecule has 102 heavy (non-hydrogen) atoms. The lowest BCUT2D eigenvalue weighted by Gasteiger charge is -2.50. The molecule has 18 unspecified atom stereocenters. The highest BCUT2D eigenvalue weighted by Crippen LogP contribution is 2.39. The molecule has 3 rings (SSSR count). The maximum absolute atomic E-state index is 13.6. The van der Waals surface area contributed by atoms with E-state index in [-0.39, 0.29) is 18.9 Å². The quantitative estimate of drug-likeness (QED) is 0.0199. The monoisotopic (exact) mass is 1460 g/mol. The van der Waals surface area contributed by atoms with Crippen LogP contribution in [0.25, 0.3) is 0 Å². The Hall–Kier alpha value is -2.53. The van der Waals surface area contributed by atoms with Crippen molar-refractivity contribution in [2.24, 2.45) is 0 Å². The maximum Gasteiger partial charge on any atom is 0.364 e. The van der Waals surface area contributed by atoms with Crippen LogP contribution in [0.1, 0.15) is 335 Å². The van der Waals surface area contributed by atoms with Gasteiger partial charge in [0.1, 0.15) is 67.1 Å². The van der Waals surface area contributed by atoms with Crippen molar-refractivity contribution < 1.29 is 104 Å². The van der Waals surface area contributed by atoms with Crippen molar-refractivity contribution in [1.29, 1.82) is 0 Å². The van der Waals surface area contributed by atoms with Crippen LogP contribution in [0.2, 0.25) is 0 Å². The predicted molar refractivity (Wildman–Crippen MR) is 394 cm³/mol. The number of aliphatic hydroxyl groups is 11. The molecule has 3 aliphatic rings. The third-order valence-corrected chi connectivity index (χ3v) is 21.0. The highest BCUT2D eigenvalue weighted by Gasteiger charge is 2.60. The summed E-state index contributed by atoms with van der Waals surface area (Å²) in [4.78, 5) is 38.7. The number of aliphatic carboxylic acids is 1. The first-order valence-electron chi connectivity index (χ1n) is 41.0. The van der Waals surface area contributed by atoms with E-state index in [1.54, 1.807) is 0 Å². The molecule has 600 valence electrons. The molecule has 0 spiro atoms. The van der Waals surface area contributed by atoms with E-state index in [4.69, 9.17) is 28.4 Å². The van der Waals surface area contributed by atoms with E-state index in [1.165, 1.54) is 231 Å². The smallest absolute Gasteiger partial charge is 0.364 e. The molecule has 3 fully saturated rings. The lowest BCUT2D eigenvalue weighted by atomic mass is 9.88. The number of unbranched alkanes of at least 4 members (excludes halogenated alkanes) is 43. The Morgan fingerprint density at radius 1 is 0.500 bits per heavy atom. The number of carboxylic acid groups (broad SMARTS) is 1. The molecule has 0 aromatic carbocycles.